The molecular weight excluding hydrogens is 477 g/mol. The average molecular weight is 498 g/mol. The molecule has 172 valence electrons. The number of aromatic nitrogens is 1. The summed E-state index contributed by atoms with van der Waals surface area (Å²) >= 11 is 2.52. The Balaban J connectivity index is 2.47. The first-order chi connectivity index (χ1) is 13.6. The summed E-state index contributed by atoms with van der Waals surface area (Å²) in [6.45, 7) is -1.42. The SMILES string of the molecule is CN(CCSCc1csc(NC(N)=NCC(F)(F)C(F)(F)F)n1)C(N)=NS(C)(=O)=O. The minimum atomic E-state index is -5.71. The summed E-state index contributed by atoms with van der Waals surface area (Å²) in [4.78, 5) is 8.59. The smallest absolute Gasteiger partial charge is 0.370 e. The van der Waals surface area contributed by atoms with Crippen LogP contribution in [-0.2, 0) is 15.8 Å². The van der Waals surface area contributed by atoms with Gasteiger partial charge in [0.25, 0.3) is 10.0 Å². The lowest BCUT2D eigenvalue weighted by Gasteiger charge is -2.17. The summed E-state index contributed by atoms with van der Waals surface area (Å²) in [5.41, 5.74) is 11.5. The molecule has 1 rings (SSSR count). The lowest BCUT2D eigenvalue weighted by Crippen LogP contribution is -2.40. The zero-order chi connectivity index (χ0) is 23.2. The molecular formula is C13H20F5N7O2S3. The molecule has 0 aliphatic rings. The van der Waals surface area contributed by atoms with Gasteiger partial charge in [-0.15, -0.1) is 15.7 Å². The van der Waals surface area contributed by atoms with Crippen LogP contribution in [-0.4, -0.2) is 74.5 Å². The molecule has 0 atom stereocenters. The van der Waals surface area contributed by atoms with Gasteiger partial charge in [-0.1, -0.05) is 0 Å². The monoisotopic (exact) mass is 497 g/mol. The van der Waals surface area contributed by atoms with E-state index in [1.807, 2.05) is 0 Å². The van der Waals surface area contributed by atoms with Gasteiger partial charge < -0.3 is 21.7 Å². The molecule has 0 spiro atoms. The Bertz CT molecular complexity index is 871. The van der Waals surface area contributed by atoms with E-state index in [1.54, 1.807) is 12.4 Å². The number of hydrogen-bond acceptors (Lipinski definition) is 6. The predicted octanol–water partition coefficient (Wildman–Crippen LogP) is 1.51. The van der Waals surface area contributed by atoms with Crippen LogP contribution in [0.5, 0.6) is 0 Å². The summed E-state index contributed by atoms with van der Waals surface area (Å²) < 4.78 is 87.4. The van der Waals surface area contributed by atoms with E-state index in [0.29, 0.717) is 23.7 Å². The van der Waals surface area contributed by atoms with E-state index >= 15 is 0 Å². The maximum atomic E-state index is 12.8. The van der Waals surface area contributed by atoms with E-state index in [0.717, 1.165) is 17.6 Å². The van der Waals surface area contributed by atoms with Crippen LogP contribution in [0.1, 0.15) is 5.69 Å². The second-order valence-electron chi connectivity index (χ2n) is 5.83. The van der Waals surface area contributed by atoms with Crippen LogP contribution in [0.25, 0.3) is 0 Å². The number of aliphatic imine (C=N–C) groups is 1. The number of thioether (sulfide) groups is 1. The highest BCUT2D eigenvalue weighted by Gasteiger charge is 2.57. The maximum Gasteiger partial charge on any atom is 0.455 e. The molecule has 0 unspecified atom stereocenters. The van der Waals surface area contributed by atoms with E-state index in [2.05, 4.69) is 19.7 Å². The van der Waals surface area contributed by atoms with Crippen molar-refractivity contribution in [3.63, 3.8) is 0 Å². The van der Waals surface area contributed by atoms with Crippen LogP contribution < -0.4 is 16.8 Å². The quantitative estimate of drug-likeness (QED) is 0.202. The van der Waals surface area contributed by atoms with Crippen molar-refractivity contribution >= 4 is 50.2 Å². The Kier molecular flexibility index (Phi) is 9.09. The Morgan fingerprint density at radius 3 is 2.53 bits per heavy atom. The molecule has 0 radical (unpaired) electrons. The highest BCUT2D eigenvalue weighted by molar-refractivity contribution is 7.98. The summed E-state index contributed by atoms with van der Waals surface area (Å²) in [7, 11) is -2.00. The van der Waals surface area contributed by atoms with Crippen LogP contribution in [0.3, 0.4) is 0 Å². The third-order valence-electron chi connectivity index (χ3n) is 3.12. The number of nitrogens with two attached hydrogens (primary N) is 2. The number of sulfonamides is 1. The minimum Gasteiger partial charge on any atom is -0.370 e. The van der Waals surface area contributed by atoms with E-state index < -0.39 is 34.6 Å². The number of alkyl halides is 5. The van der Waals surface area contributed by atoms with Crippen LogP contribution in [0.2, 0.25) is 0 Å². The molecule has 1 aromatic rings. The summed E-state index contributed by atoms with van der Waals surface area (Å²) in [6, 6.07) is 0. The van der Waals surface area contributed by atoms with E-state index in [9.17, 15) is 30.4 Å². The molecule has 5 N–H and O–H groups in total. The predicted molar refractivity (Wildman–Crippen MR) is 108 cm³/mol. The third kappa shape index (κ3) is 9.29. The van der Waals surface area contributed by atoms with Crippen molar-refractivity contribution in [1.82, 2.24) is 9.88 Å². The molecule has 0 saturated heterocycles. The zero-order valence-corrected chi connectivity index (χ0v) is 18.2. The fraction of sp³-hybridized carbons (Fsp3) is 0.615. The number of nitrogens with one attached hydrogen (secondary N) is 1. The largest absolute Gasteiger partial charge is 0.455 e. The van der Waals surface area contributed by atoms with Crippen molar-refractivity contribution in [3.05, 3.63) is 11.1 Å². The normalized spacial score (nSPS) is 14.1. The van der Waals surface area contributed by atoms with Gasteiger partial charge in [-0.3, -0.25) is 0 Å². The second-order valence-corrected chi connectivity index (χ2v) is 9.44. The van der Waals surface area contributed by atoms with Crippen molar-refractivity contribution in [2.45, 2.75) is 17.9 Å². The van der Waals surface area contributed by atoms with Gasteiger partial charge in [0.15, 0.2) is 11.1 Å². The van der Waals surface area contributed by atoms with Crippen LogP contribution >= 0.6 is 23.1 Å². The Morgan fingerprint density at radius 1 is 1.33 bits per heavy atom. The summed E-state index contributed by atoms with van der Waals surface area (Å²) in [5.74, 6) is -4.71. The van der Waals surface area contributed by atoms with Gasteiger partial charge in [-0.2, -0.15) is 33.7 Å². The van der Waals surface area contributed by atoms with Crippen molar-refractivity contribution in [3.8, 4) is 0 Å². The molecule has 0 aromatic carbocycles. The Labute approximate surface area is 177 Å². The van der Waals surface area contributed by atoms with Gasteiger partial charge in [0.1, 0.15) is 6.54 Å². The number of nitrogens with zero attached hydrogens (tertiary/aromatic N) is 4. The van der Waals surface area contributed by atoms with Gasteiger partial charge in [0.05, 0.1) is 11.9 Å². The lowest BCUT2D eigenvalue weighted by molar-refractivity contribution is -0.276. The molecule has 1 heterocycles. The molecule has 0 amide bonds. The summed E-state index contributed by atoms with van der Waals surface area (Å²) in [6.07, 6.45) is -4.78. The Hall–Kier alpha value is -1.88. The number of guanidine groups is 2. The van der Waals surface area contributed by atoms with Gasteiger partial charge in [0.2, 0.25) is 5.96 Å². The van der Waals surface area contributed by atoms with Crippen molar-refractivity contribution in [1.29, 1.82) is 0 Å². The summed E-state index contributed by atoms with van der Waals surface area (Å²) in [5, 5.41) is 4.19. The number of halogens is 5. The van der Waals surface area contributed by atoms with Gasteiger partial charge >= 0.3 is 12.1 Å². The standard InChI is InChI=1S/C13H20F5N7O2S3/c1-25(10(20)24-30(2,26)27)3-4-28-5-8-6-29-11(22-8)23-9(19)21-7-12(14,15)13(16,17)18/h6H,3-5,7H2,1-2H3,(H2,20,24)(H3,19,21,22,23). The molecule has 17 heteroatoms. The highest BCUT2D eigenvalue weighted by Crippen LogP contribution is 2.35. The van der Waals surface area contributed by atoms with E-state index in [-0.39, 0.29) is 11.1 Å². The molecule has 0 saturated carbocycles. The van der Waals surface area contributed by atoms with Gasteiger partial charge in [-0.05, 0) is 0 Å². The van der Waals surface area contributed by atoms with Gasteiger partial charge in [-0.25, -0.2) is 18.4 Å². The van der Waals surface area contributed by atoms with Crippen molar-refractivity contribution in [2.24, 2.45) is 20.9 Å². The number of thiazole rings is 1. The molecule has 0 fully saturated rings. The second kappa shape index (κ2) is 10.4. The first kappa shape index (κ1) is 26.2. The third-order valence-corrected chi connectivity index (χ3v) is 5.42. The highest BCUT2D eigenvalue weighted by atomic mass is 32.2. The fourth-order valence-corrected chi connectivity index (χ4v) is 3.79. The molecule has 0 bridgehead atoms. The number of anilines is 1. The van der Waals surface area contributed by atoms with Crippen LogP contribution in [0, 0.1) is 0 Å². The van der Waals surface area contributed by atoms with E-state index in [1.165, 1.54) is 16.7 Å². The number of rotatable bonds is 9. The molecule has 9 nitrogen and oxygen atoms in total. The van der Waals surface area contributed by atoms with Gasteiger partial charge in [0, 0.05) is 30.5 Å². The first-order valence-electron chi connectivity index (χ1n) is 7.91. The molecule has 0 aliphatic carbocycles. The molecule has 1 aromatic heterocycles. The molecule has 30 heavy (non-hydrogen) atoms. The minimum absolute atomic E-state index is 0.135. The average Bonchev–Trinajstić information content (AvgIpc) is 3.01. The van der Waals surface area contributed by atoms with Crippen LogP contribution in [0.4, 0.5) is 27.1 Å². The van der Waals surface area contributed by atoms with E-state index in [4.69, 9.17) is 11.5 Å². The lowest BCUT2D eigenvalue weighted by atomic mass is 10.3. The first-order valence-corrected chi connectivity index (χ1v) is 11.8. The van der Waals surface area contributed by atoms with Crippen LogP contribution in [0.15, 0.2) is 14.8 Å². The van der Waals surface area contributed by atoms with Crippen molar-refractivity contribution in [2.75, 3.05) is 37.5 Å². The molecule has 0 aliphatic heterocycles. The Morgan fingerprint density at radius 2 is 1.97 bits per heavy atom. The maximum absolute atomic E-state index is 12.8. The topological polar surface area (TPSA) is 139 Å². The van der Waals surface area contributed by atoms with Crippen molar-refractivity contribution < 1.29 is 30.4 Å². The zero-order valence-electron chi connectivity index (χ0n) is 15.8. The fourth-order valence-electron chi connectivity index (χ4n) is 1.59. The number of hydrogen-bond donors (Lipinski definition) is 3.